The summed E-state index contributed by atoms with van der Waals surface area (Å²) in [5, 5.41) is 7.04. The van der Waals surface area contributed by atoms with Gasteiger partial charge in [-0.2, -0.15) is 0 Å². The van der Waals surface area contributed by atoms with Crippen LogP contribution in [0.15, 0.2) is 36.5 Å². The summed E-state index contributed by atoms with van der Waals surface area (Å²) >= 11 is 0. The van der Waals surface area contributed by atoms with Gasteiger partial charge in [0.05, 0.1) is 5.52 Å². The van der Waals surface area contributed by atoms with Crippen LogP contribution in [0.1, 0.15) is 12.0 Å². The minimum absolute atomic E-state index is 0.101. The topological polar surface area (TPSA) is 57.3 Å². The van der Waals surface area contributed by atoms with Crippen molar-refractivity contribution in [1.82, 2.24) is 20.5 Å². The number of urea groups is 1. The number of carbonyl (C=O) groups excluding carboxylic acids is 1. The first kappa shape index (κ1) is 13.8. The van der Waals surface area contributed by atoms with E-state index in [0.717, 1.165) is 36.0 Å². The molecule has 5 heteroatoms. The van der Waals surface area contributed by atoms with Crippen molar-refractivity contribution >= 4 is 16.9 Å². The van der Waals surface area contributed by atoms with E-state index >= 15 is 0 Å². The lowest BCUT2D eigenvalue weighted by Crippen LogP contribution is -2.42. The highest BCUT2D eigenvalue weighted by atomic mass is 16.2. The van der Waals surface area contributed by atoms with Crippen molar-refractivity contribution in [2.24, 2.45) is 0 Å². The van der Waals surface area contributed by atoms with Crippen LogP contribution in [0, 0.1) is 0 Å². The number of nitrogens with one attached hydrogen (secondary N) is 2. The molecule has 1 aliphatic heterocycles. The Hall–Kier alpha value is -2.14. The summed E-state index contributed by atoms with van der Waals surface area (Å²) in [5.41, 5.74) is 2.04. The van der Waals surface area contributed by atoms with Gasteiger partial charge in [-0.1, -0.05) is 18.2 Å². The molecule has 21 heavy (non-hydrogen) atoms. The molecule has 5 nitrogen and oxygen atoms in total. The summed E-state index contributed by atoms with van der Waals surface area (Å²) in [4.78, 5) is 18.5. The van der Waals surface area contributed by atoms with E-state index in [-0.39, 0.29) is 12.1 Å². The molecule has 1 aliphatic rings. The van der Waals surface area contributed by atoms with Gasteiger partial charge in [-0.25, -0.2) is 4.79 Å². The maximum Gasteiger partial charge on any atom is 0.315 e. The highest BCUT2D eigenvalue weighted by molar-refractivity contribution is 5.82. The van der Waals surface area contributed by atoms with E-state index in [1.54, 1.807) is 6.20 Å². The van der Waals surface area contributed by atoms with Crippen molar-refractivity contribution in [3.05, 3.63) is 42.1 Å². The van der Waals surface area contributed by atoms with Crippen LogP contribution < -0.4 is 10.6 Å². The van der Waals surface area contributed by atoms with Crippen molar-refractivity contribution in [3.8, 4) is 0 Å². The summed E-state index contributed by atoms with van der Waals surface area (Å²) in [7, 11) is 2.07. The van der Waals surface area contributed by atoms with Crippen LogP contribution in [-0.4, -0.2) is 42.1 Å². The molecule has 1 saturated heterocycles. The Kier molecular flexibility index (Phi) is 4.01. The van der Waals surface area contributed by atoms with Gasteiger partial charge >= 0.3 is 6.03 Å². The van der Waals surface area contributed by atoms with Gasteiger partial charge in [-0.05, 0) is 37.7 Å². The van der Waals surface area contributed by atoms with Crippen LogP contribution in [0.2, 0.25) is 0 Å². The number of benzene rings is 1. The van der Waals surface area contributed by atoms with Gasteiger partial charge in [0.25, 0.3) is 0 Å². The first-order valence-electron chi connectivity index (χ1n) is 7.28. The van der Waals surface area contributed by atoms with Crippen molar-refractivity contribution in [2.75, 3.05) is 20.1 Å². The second-order valence-corrected chi connectivity index (χ2v) is 5.56. The first-order valence-corrected chi connectivity index (χ1v) is 7.28. The molecule has 0 unspecified atom stereocenters. The third-order valence-corrected chi connectivity index (χ3v) is 3.91. The largest absolute Gasteiger partial charge is 0.334 e. The van der Waals surface area contributed by atoms with Crippen LogP contribution in [0.4, 0.5) is 4.79 Å². The second kappa shape index (κ2) is 6.10. The monoisotopic (exact) mass is 284 g/mol. The first-order chi connectivity index (χ1) is 10.2. The summed E-state index contributed by atoms with van der Waals surface area (Å²) in [6, 6.07) is 10.1. The highest BCUT2D eigenvalue weighted by Crippen LogP contribution is 2.15. The smallest absolute Gasteiger partial charge is 0.315 e. The number of rotatable bonds is 3. The van der Waals surface area contributed by atoms with Crippen LogP contribution in [0.3, 0.4) is 0 Å². The van der Waals surface area contributed by atoms with Gasteiger partial charge in [-0.3, -0.25) is 4.98 Å². The summed E-state index contributed by atoms with van der Waals surface area (Å²) in [6.45, 7) is 2.48. The zero-order valence-corrected chi connectivity index (χ0v) is 12.2. The average molecular weight is 284 g/mol. The van der Waals surface area contributed by atoms with Crippen molar-refractivity contribution < 1.29 is 4.79 Å². The highest BCUT2D eigenvalue weighted by Gasteiger charge is 2.20. The third-order valence-electron chi connectivity index (χ3n) is 3.91. The molecule has 0 saturated carbocycles. The Morgan fingerprint density at radius 2 is 2.24 bits per heavy atom. The molecule has 1 atom stereocenters. The minimum atomic E-state index is -0.101. The van der Waals surface area contributed by atoms with E-state index in [1.807, 2.05) is 30.3 Å². The lowest BCUT2D eigenvalue weighted by atomic mass is 10.1. The number of fused-ring (bicyclic) bond motifs is 1. The Balaban J connectivity index is 1.60. The summed E-state index contributed by atoms with van der Waals surface area (Å²) in [5.74, 6) is 0. The maximum atomic E-state index is 12.0. The Morgan fingerprint density at radius 1 is 1.38 bits per heavy atom. The van der Waals surface area contributed by atoms with Gasteiger partial charge in [0.2, 0.25) is 0 Å². The molecule has 3 rings (SSSR count). The van der Waals surface area contributed by atoms with Crippen molar-refractivity contribution in [1.29, 1.82) is 0 Å². The molecule has 2 N–H and O–H groups in total. The third kappa shape index (κ3) is 3.31. The molecule has 0 aliphatic carbocycles. The van der Waals surface area contributed by atoms with Crippen LogP contribution in [-0.2, 0) is 6.54 Å². The van der Waals surface area contributed by atoms with E-state index in [9.17, 15) is 4.79 Å². The Labute approximate surface area is 124 Å². The number of likely N-dealkylation sites (tertiary alicyclic amines) is 1. The van der Waals surface area contributed by atoms with Crippen LogP contribution >= 0.6 is 0 Å². The molecule has 2 aromatic rings. The quantitative estimate of drug-likeness (QED) is 0.902. The molecular weight excluding hydrogens is 264 g/mol. The molecule has 1 fully saturated rings. The Morgan fingerprint density at radius 3 is 3.05 bits per heavy atom. The Bertz CT molecular complexity index is 638. The van der Waals surface area contributed by atoms with E-state index < -0.39 is 0 Å². The molecule has 0 spiro atoms. The van der Waals surface area contributed by atoms with E-state index in [4.69, 9.17) is 0 Å². The van der Waals surface area contributed by atoms with Gasteiger partial charge in [0, 0.05) is 30.7 Å². The normalized spacial score (nSPS) is 18.8. The summed E-state index contributed by atoms with van der Waals surface area (Å²) < 4.78 is 0. The van der Waals surface area contributed by atoms with E-state index in [2.05, 4.69) is 27.6 Å². The number of nitrogens with zero attached hydrogens (tertiary/aromatic N) is 2. The molecular formula is C16H20N4O. The van der Waals surface area contributed by atoms with Gasteiger partial charge in [-0.15, -0.1) is 0 Å². The lowest BCUT2D eigenvalue weighted by Gasteiger charge is -2.14. The molecule has 0 bridgehead atoms. The molecule has 1 aromatic carbocycles. The van der Waals surface area contributed by atoms with Gasteiger partial charge < -0.3 is 15.5 Å². The predicted molar refractivity (Wildman–Crippen MR) is 83.0 cm³/mol. The number of pyridine rings is 1. The van der Waals surface area contributed by atoms with E-state index in [1.165, 1.54) is 0 Å². The van der Waals surface area contributed by atoms with Crippen molar-refractivity contribution in [2.45, 2.75) is 19.0 Å². The van der Waals surface area contributed by atoms with Gasteiger partial charge in [0.1, 0.15) is 0 Å². The number of hydrogen-bond acceptors (Lipinski definition) is 3. The lowest BCUT2D eigenvalue weighted by molar-refractivity contribution is 0.236. The number of amides is 2. The minimum Gasteiger partial charge on any atom is -0.334 e. The molecule has 1 aromatic heterocycles. The van der Waals surface area contributed by atoms with Gasteiger partial charge in [0.15, 0.2) is 0 Å². The fraction of sp³-hybridized carbons (Fsp3) is 0.375. The molecule has 110 valence electrons. The zero-order valence-electron chi connectivity index (χ0n) is 12.2. The average Bonchev–Trinajstić information content (AvgIpc) is 2.90. The molecule has 2 heterocycles. The van der Waals surface area contributed by atoms with Crippen LogP contribution in [0.25, 0.3) is 10.9 Å². The number of carbonyl (C=O) groups is 1. The van der Waals surface area contributed by atoms with E-state index in [0.29, 0.717) is 6.54 Å². The standard InChI is InChI=1S/C16H20N4O/c1-20-9-7-13(11-20)19-16(21)18-10-12-6-8-17-15-5-3-2-4-14(12)15/h2-6,8,13H,7,9-11H2,1H3,(H2,18,19,21)/t13-/m1/s1. The molecule has 2 amide bonds. The SMILES string of the molecule is CN1CC[C@@H](NC(=O)NCc2ccnc3ccccc23)C1. The number of para-hydroxylation sites is 1. The number of likely N-dealkylation sites (N-methyl/N-ethyl adjacent to an activating group) is 1. The fourth-order valence-electron chi connectivity index (χ4n) is 2.77. The number of hydrogen-bond donors (Lipinski definition) is 2. The summed E-state index contributed by atoms with van der Waals surface area (Å²) in [6.07, 6.45) is 2.80. The maximum absolute atomic E-state index is 12.0. The molecule has 0 radical (unpaired) electrons. The second-order valence-electron chi connectivity index (χ2n) is 5.56. The zero-order chi connectivity index (χ0) is 14.7. The van der Waals surface area contributed by atoms with Crippen LogP contribution in [0.5, 0.6) is 0 Å². The number of aromatic nitrogens is 1. The fourth-order valence-corrected chi connectivity index (χ4v) is 2.77. The van der Waals surface area contributed by atoms with Crippen molar-refractivity contribution in [3.63, 3.8) is 0 Å². The predicted octanol–water partition coefficient (Wildman–Crippen LogP) is 1.74.